The van der Waals surface area contributed by atoms with Gasteiger partial charge in [-0.1, -0.05) is 0 Å². The van der Waals surface area contributed by atoms with Crippen LogP contribution in [0.1, 0.15) is 77.5 Å². The van der Waals surface area contributed by atoms with E-state index in [2.05, 4.69) is 87.6 Å². The summed E-state index contributed by atoms with van der Waals surface area (Å²) in [5.74, 6) is 1.56. The number of nitrogens with zero attached hydrogens (tertiary/aromatic N) is 3. The predicted octanol–water partition coefficient (Wildman–Crippen LogP) is 6.13. The number of benzene rings is 1. The topological polar surface area (TPSA) is 9.72 Å². The van der Waals surface area contributed by atoms with Crippen LogP contribution < -0.4 is 3.86 Å². The van der Waals surface area contributed by atoms with Crippen molar-refractivity contribution < 1.29 is 0 Å². The van der Waals surface area contributed by atoms with Gasteiger partial charge in [-0.05, 0) is 0 Å². The molecule has 0 N–H and O–H groups in total. The van der Waals surface area contributed by atoms with E-state index in [4.69, 9.17) is 0 Å². The summed E-state index contributed by atoms with van der Waals surface area (Å²) in [5.41, 5.74) is 7.89. The van der Waals surface area contributed by atoms with Gasteiger partial charge in [-0.15, -0.1) is 0 Å². The number of anilines is 1. The van der Waals surface area contributed by atoms with Crippen LogP contribution in [0.3, 0.4) is 0 Å². The Morgan fingerprint density at radius 2 is 1.35 bits per heavy atom. The van der Waals surface area contributed by atoms with Gasteiger partial charge in [0.25, 0.3) is 0 Å². The van der Waals surface area contributed by atoms with Crippen LogP contribution in [0.5, 0.6) is 0 Å². The molecule has 3 nitrogen and oxygen atoms in total. The molecule has 0 spiro atoms. The average Bonchev–Trinajstić information content (AvgIpc) is 3.32. The Morgan fingerprint density at radius 1 is 0.871 bits per heavy atom. The second-order valence-corrected chi connectivity index (χ2v) is 15.4. The Bertz CT molecular complexity index is 850. The molecule has 1 radical (unpaired) electrons. The maximum absolute atomic E-state index is 2.87. The molecule has 4 rings (SSSR count). The molecule has 1 saturated carbocycles. The number of hydrogen-bond donors (Lipinski definition) is 0. The number of rotatable bonds is 3. The van der Waals surface area contributed by atoms with Crippen molar-refractivity contribution in [3.63, 3.8) is 0 Å². The summed E-state index contributed by atoms with van der Waals surface area (Å²) < 4.78 is 8.48. The SMILES string of the molecule is Cc1cc(C)c([N]([GeH2])C2=C(P3N(C(C)(C)C)CCN3C(C)(C)C)C3CC[C@@H]2C3)c(C)c1. The molecule has 2 atom stereocenters. The van der Waals surface area contributed by atoms with E-state index in [1.807, 2.05) is 5.31 Å². The molecule has 2 bridgehead atoms. The van der Waals surface area contributed by atoms with Gasteiger partial charge in [-0.3, -0.25) is 0 Å². The average molecular weight is 501 g/mol. The minimum atomic E-state index is -0.427. The summed E-state index contributed by atoms with van der Waals surface area (Å²) in [7, 11) is -0.427. The third-order valence-corrected chi connectivity index (χ3v) is 12.3. The van der Waals surface area contributed by atoms with Crippen molar-refractivity contribution in [1.29, 1.82) is 0 Å². The van der Waals surface area contributed by atoms with E-state index in [9.17, 15) is 0 Å². The molecular weight excluding hydrogens is 458 g/mol. The van der Waals surface area contributed by atoms with E-state index in [-0.39, 0.29) is 11.1 Å². The van der Waals surface area contributed by atoms with Gasteiger partial charge in [0.15, 0.2) is 0 Å². The molecule has 2 fully saturated rings. The molecular formula is C26H43GeN3P. The first-order valence-electron chi connectivity index (χ1n) is 12.1. The molecule has 3 aliphatic rings. The van der Waals surface area contributed by atoms with Gasteiger partial charge in [-0.25, -0.2) is 0 Å². The Balaban J connectivity index is 1.87. The van der Waals surface area contributed by atoms with E-state index < -0.39 is 8.22 Å². The van der Waals surface area contributed by atoms with E-state index in [0.29, 0.717) is 0 Å². The first-order chi connectivity index (χ1) is 14.3. The summed E-state index contributed by atoms with van der Waals surface area (Å²) in [5, 5.41) is 1.83. The molecule has 1 aromatic carbocycles. The summed E-state index contributed by atoms with van der Waals surface area (Å²) in [6, 6.07) is 4.75. The van der Waals surface area contributed by atoms with Gasteiger partial charge >= 0.3 is 201 Å². The van der Waals surface area contributed by atoms with Crippen molar-refractivity contribution in [2.75, 3.05) is 16.9 Å². The molecule has 1 unspecified atom stereocenters. The van der Waals surface area contributed by atoms with Crippen LogP contribution in [-0.4, -0.2) is 50.2 Å². The van der Waals surface area contributed by atoms with E-state index in [1.54, 1.807) is 5.70 Å². The summed E-state index contributed by atoms with van der Waals surface area (Å²) in [4.78, 5) is 0. The van der Waals surface area contributed by atoms with Crippen LogP contribution in [0.2, 0.25) is 0 Å². The van der Waals surface area contributed by atoms with Gasteiger partial charge < -0.3 is 0 Å². The van der Waals surface area contributed by atoms with Gasteiger partial charge in [0.05, 0.1) is 0 Å². The maximum atomic E-state index is 2.87. The molecule has 0 amide bonds. The van der Waals surface area contributed by atoms with Crippen molar-refractivity contribution in [2.24, 2.45) is 11.8 Å². The molecule has 1 aromatic rings. The van der Waals surface area contributed by atoms with Crippen molar-refractivity contribution in [3.8, 4) is 0 Å². The second kappa shape index (κ2) is 8.15. The Hall–Kier alpha value is -0.347. The molecule has 31 heavy (non-hydrogen) atoms. The van der Waals surface area contributed by atoms with Crippen molar-refractivity contribution in [1.82, 2.24) is 9.34 Å². The third kappa shape index (κ3) is 4.18. The molecule has 171 valence electrons. The Morgan fingerprint density at radius 3 is 1.84 bits per heavy atom. The molecule has 0 aromatic heterocycles. The fraction of sp³-hybridized carbons (Fsp3) is 0.692. The van der Waals surface area contributed by atoms with Crippen LogP contribution in [0.15, 0.2) is 23.1 Å². The van der Waals surface area contributed by atoms with Gasteiger partial charge in [0, 0.05) is 0 Å². The first-order valence-corrected chi connectivity index (χ1v) is 14.7. The molecule has 2 aliphatic carbocycles. The number of fused-ring (bicyclic) bond motifs is 2. The van der Waals surface area contributed by atoms with Crippen LogP contribution in [0, 0.1) is 32.6 Å². The molecule has 1 aliphatic heterocycles. The molecule has 1 heterocycles. The first kappa shape index (κ1) is 23.8. The van der Waals surface area contributed by atoms with Crippen LogP contribution >= 0.6 is 8.22 Å². The fourth-order valence-corrected chi connectivity index (χ4v) is 12.0. The van der Waals surface area contributed by atoms with Crippen molar-refractivity contribution in [2.45, 2.75) is 92.7 Å². The fourth-order valence-electron chi connectivity index (χ4n) is 6.25. The number of aryl methyl sites for hydroxylation is 3. The molecule has 5 heteroatoms. The zero-order valence-electron chi connectivity index (χ0n) is 21.3. The van der Waals surface area contributed by atoms with E-state index in [0.717, 1.165) is 11.8 Å². The molecule has 1 saturated heterocycles. The summed E-state index contributed by atoms with van der Waals surface area (Å²) in [6.45, 7) is 23.8. The summed E-state index contributed by atoms with van der Waals surface area (Å²) in [6.07, 6.45) is 4.18. The van der Waals surface area contributed by atoms with Gasteiger partial charge in [0.2, 0.25) is 0 Å². The van der Waals surface area contributed by atoms with Crippen LogP contribution in [-0.2, 0) is 0 Å². The van der Waals surface area contributed by atoms with Gasteiger partial charge in [-0.2, -0.15) is 0 Å². The van der Waals surface area contributed by atoms with Crippen molar-refractivity contribution >= 4 is 30.6 Å². The standard InChI is InChI=1S/C26H43GeN3P/c1-17-14-18(2)22(19(3)15-17)30(27)23-20-10-11-21(16-20)24(23)31-28(25(4,5)6)12-13-29(31)26(7,8)9/h14-15,20-21H,10-13,16,27H2,1-9H3/t20-,21?/m1/s1. The number of hydrogen-bond acceptors (Lipinski definition) is 3. The quantitative estimate of drug-likeness (QED) is 0.365. The summed E-state index contributed by atoms with van der Waals surface area (Å²) >= 11 is 1.18. The predicted molar refractivity (Wildman–Crippen MR) is 139 cm³/mol. The van der Waals surface area contributed by atoms with E-state index in [1.165, 1.54) is 71.5 Å². The monoisotopic (exact) mass is 502 g/mol. The minimum absolute atomic E-state index is 0.205. The van der Waals surface area contributed by atoms with Crippen LogP contribution in [0.4, 0.5) is 5.69 Å². The van der Waals surface area contributed by atoms with Gasteiger partial charge in [0.1, 0.15) is 0 Å². The van der Waals surface area contributed by atoms with E-state index >= 15 is 0 Å². The normalized spacial score (nSPS) is 25.9. The zero-order chi connectivity index (χ0) is 22.9. The Kier molecular flexibility index (Phi) is 6.26. The zero-order valence-corrected chi connectivity index (χ0v) is 25.2. The third-order valence-electron chi connectivity index (χ3n) is 7.41. The second-order valence-electron chi connectivity index (χ2n) is 12.0. The van der Waals surface area contributed by atoms with Crippen molar-refractivity contribution in [3.05, 3.63) is 39.8 Å². The Labute approximate surface area is 200 Å². The van der Waals surface area contributed by atoms with Crippen LogP contribution in [0.25, 0.3) is 0 Å². The number of allylic oxidation sites excluding steroid dienone is 2.